The number of anilines is 1. The summed E-state index contributed by atoms with van der Waals surface area (Å²) in [4.78, 5) is 11.6. The van der Waals surface area contributed by atoms with E-state index in [4.69, 9.17) is 0 Å². The molecule has 3 heteroatoms. The lowest BCUT2D eigenvalue weighted by Crippen LogP contribution is -2.05. The molecule has 0 saturated carbocycles. The molecule has 2 N–H and O–H groups in total. The third kappa shape index (κ3) is 2.57. The summed E-state index contributed by atoms with van der Waals surface area (Å²) < 4.78 is 0. The summed E-state index contributed by atoms with van der Waals surface area (Å²) in [5, 5.41) is 13.5. The molecular formula is C18H19NO2. The zero-order chi connectivity index (χ0) is 15.0. The summed E-state index contributed by atoms with van der Waals surface area (Å²) in [6.07, 6.45) is 0.574. The van der Waals surface area contributed by atoms with Gasteiger partial charge in [0.25, 0.3) is 0 Å². The van der Waals surface area contributed by atoms with Crippen molar-refractivity contribution in [3.63, 3.8) is 0 Å². The standard InChI is InChI=1S/C18H19NO2/c1-3-12-8-15(9-14-10-16(20)19-17(12)14)18(21)13-6-4-5-11(2)7-13/h4-9,18,21H,3,10H2,1-2H3,(H,19,20). The van der Waals surface area contributed by atoms with Gasteiger partial charge in [-0.2, -0.15) is 0 Å². The van der Waals surface area contributed by atoms with Crippen LogP contribution in [0.5, 0.6) is 0 Å². The van der Waals surface area contributed by atoms with E-state index in [0.717, 1.165) is 39.9 Å². The molecule has 1 aliphatic rings. The average Bonchev–Trinajstić information content (AvgIpc) is 2.85. The Hall–Kier alpha value is -2.13. The number of aliphatic hydroxyl groups excluding tert-OH is 1. The highest BCUT2D eigenvalue weighted by Crippen LogP contribution is 2.33. The number of hydrogen-bond acceptors (Lipinski definition) is 2. The first kappa shape index (κ1) is 13.8. The average molecular weight is 281 g/mol. The van der Waals surface area contributed by atoms with Gasteiger partial charge in [-0.3, -0.25) is 4.79 Å². The van der Waals surface area contributed by atoms with Crippen molar-refractivity contribution in [3.8, 4) is 0 Å². The number of fused-ring (bicyclic) bond motifs is 1. The van der Waals surface area contributed by atoms with E-state index in [2.05, 4.69) is 12.2 Å². The number of amides is 1. The first-order valence-corrected chi connectivity index (χ1v) is 7.28. The Morgan fingerprint density at radius 2 is 2.05 bits per heavy atom. The third-order valence-electron chi connectivity index (χ3n) is 3.99. The summed E-state index contributed by atoms with van der Waals surface area (Å²) in [5.74, 6) is 0.0295. The minimum absolute atomic E-state index is 0.0295. The SMILES string of the molecule is CCc1cc(C(O)c2cccc(C)c2)cc2c1NC(=O)C2. The summed E-state index contributed by atoms with van der Waals surface area (Å²) in [7, 11) is 0. The van der Waals surface area contributed by atoms with E-state index in [1.165, 1.54) is 0 Å². The fourth-order valence-corrected chi connectivity index (χ4v) is 2.92. The van der Waals surface area contributed by atoms with Gasteiger partial charge in [0, 0.05) is 5.69 Å². The Balaban J connectivity index is 2.03. The Morgan fingerprint density at radius 1 is 1.24 bits per heavy atom. The molecule has 0 aliphatic carbocycles. The first-order chi connectivity index (χ1) is 10.1. The molecular weight excluding hydrogens is 262 g/mol. The van der Waals surface area contributed by atoms with Crippen LogP contribution < -0.4 is 5.32 Å². The number of aliphatic hydroxyl groups is 1. The van der Waals surface area contributed by atoms with E-state index >= 15 is 0 Å². The molecule has 1 amide bonds. The normalized spacial score (nSPS) is 14.7. The minimum atomic E-state index is -0.656. The predicted octanol–water partition coefficient (Wildman–Crippen LogP) is 3.13. The molecule has 1 aliphatic heterocycles. The molecule has 3 rings (SSSR count). The Bertz CT molecular complexity index is 706. The van der Waals surface area contributed by atoms with E-state index in [9.17, 15) is 9.90 Å². The number of aryl methyl sites for hydroxylation is 2. The zero-order valence-corrected chi connectivity index (χ0v) is 12.3. The van der Waals surface area contributed by atoms with Crippen molar-refractivity contribution < 1.29 is 9.90 Å². The second-order valence-corrected chi connectivity index (χ2v) is 5.61. The highest BCUT2D eigenvalue weighted by atomic mass is 16.3. The molecule has 0 radical (unpaired) electrons. The fourth-order valence-electron chi connectivity index (χ4n) is 2.92. The lowest BCUT2D eigenvalue weighted by molar-refractivity contribution is -0.115. The second-order valence-electron chi connectivity index (χ2n) is 5.61. The van der Waals surface area contributed by atoms with E-state index in [1.54, 1.807) is 0 Å². The zero-order valence-electron chi connectivity index (χ0n) is 12.3. The number of nitrogens with one attached hydrogen (secondary N) is 1. The maximum absolute atomic E-state index is 11.6. The van der Waals surface area contributed by atoms with Gasteiger partial charge in [0.05, 0.1) is 6.42 Å². The van der Waals surface area contributed by atoms with Crippen LogP contribution in [0.2, 0.25) is 0 Å². The van der Waals surface area contributed by atoms with Crippen molar-refractivity contribution in [2.45, 2.75) is 32.8 Å². The first-order valence-electron chi connectivity index (χ1n) is 7.28. The summed E-state index contributed by atoms with van der Waals surface area (Å²) >= 11 is 0. The molecule has 2 aromatic carbocycles. The third-order valence-corrected chi connectivity index (χ3v) is 3.99. The monoisotopic (exact) mass is 281 g/mol. The number of rotatable bonds is 3. The van der Waals surface area contributed by atoms with Gasteiger partial charge in [-0.05, 0) is 35.6 Å². The summed E-state index contributed by atoms with van der Waals surface area (Å²) in [5.41, 5.74) is 5.87. The van der Waals surface area contributed by atoms with E-state index in [-0.39, 0.29) is 5.91 Å². The van der Waals surface area contributed by atoms with Crippen LogP contribution in [0.15, 0.2) is 36.4 Å². The minimum Gasteiger partial charge on any atom is -0.384 e. The van der Waals surface area contributed by atoms with E-state index in [1.807, 2.05) is 43.3 Å². The molecule has 0 fully saturated rings. The highest BCUT2D eigenvalue weighted by Gasteiger charge is 2.23. The highest BCUT2D eigenvalue weighted by molar-refractivity contribution is 6.00. The molecule has 0 spiro atoms. The molecule has 1 atom stereocenters. The van der Waals surface area contributed by atoms with Crippen LogP contribution in [0.1, 0.15) is 40.8 Å². The van der Waals surface area contributed by atoms with Crippen LogP contribution in [-0.4, -0.2) is 11.0 Å². The number of carbonyl (C=O) groups excluding carboxylic acids is 1. The molecule has 21 heavy (non-hydrogen) atoms. The van der Waals surface area contributed by atoms with E-state index < -0.39 is 6.10 Å². The number of carbonyl (C=O) groups is 1. The lowest BCUT2D eigenvalue weighted by atomic mass is 9.94. The summed E-state index contributed by atoms with van der Waals surface area (Å²) in [6.45, 7) is 4.07. The van der Waals surface area contributed by atoms with Gasteiger partial charge in [-0.25, -0.2) is 0 Å². The van der Waals surface area contributed by atoms with Crippen molar-refractivity contribution in [2.75, 3.05) is 5.32 Å². The van der Waals surface area contributed by atoms with Gasteiger partial charge in [-0.15, -0.1) is 0 Å². The number of benzene rings is 2. The van der Waals surface area contributed by atoms with Crippen LogP contribution in [0, 0.1) is 6.92 Å². The van der Waals surface area contributed by atoms with Crippen LogP contribution in [0.4, 0.5) is 5.69 Å². The van der Waals surface area contributed by atoms with Crippen molar-refractivity contribution in [3.05, 3.63) is 64.2 Å². The fraction of sp³-hybridized carbons (Fsp3) is 0.278. The molecule has 0 saturated heterocycles. The van der Waals surface area contributed by atoms with Crippen molar-refractivity contribution in [2.24, 2.45) is 0 Å². The van der Waals surface area contributed by atoms with Gasteiger partial charge in [0.15, 0.2) is 0 Å². The lowest BCUT2D eigenvalue weighted by Gasteiger charge is -2.16. The molecule has 2 aromatic rings. The largest absolute Gasteiger partial charge is 0.384 e. The number of hydrogen-bond donors (Lipinski definition) is 2. The maximum Gasteiger partial charge on any atom is 0.228 e. The van der Waals surface area contributed by atoms with E-state index in [0.29, 0.717) is 6.42 Å². The van der Waals surface area contributed by atoms with Gasteiger partial charge >= 0.3 is 0 Å². The Labute approximate surface area is 124 Å². The van der Waals surface area contributed by atoms with Gasteiger partial charge < -0.3 is 10.4 Å². The predicted molar refractivity (Wildman–Crippen MR) is 83.4 cm³/mol. The molecule has 1 heterocycles. The second kappa shape index (κ2) is 5.34. The molecule has 108 valence electrons. The molecule has 1 unspecified atom stereocenters. The smallest absolute Gasteiger partial charge is 0.228 e. The van der Waals surface area contributed by atoms with Crippen LogP contribution >= 0.6 is 0 Å². The molecule has 0 bridgehead atoms. The van der Waals surface area contributed by atoms with Crippen molar-refractivity contribution >= 4 is 11.6 Å². The van der Waals surface area contributed by atoms with Crippen molar-refractivity contribution in [1.29, 1.82) is 0 Å². The maximum atomic E-state index is 11.6. The molecule has 3 nitrogen and oxygen atoms in total. The Morgan fingerprint density at radius 3 is 2.76 bits per heavy atom. The van der Waals surface area contributed by atoms with Gasteiger partial charge in [-0.1, -0.05) is 48.9 Å². The Kier molecular flexibility index (Phi) is 3.52. The van der Waals surface area contributed by atoms with Crippen LogP contribution in [0.3, 0.4) is 0 Å². The summed E-state index contributed by atoms with van der Waals surface area (Å²) in [6, 6.07) is 11.8. The van der Waals surface area contributed by atoms with Crippen molar-refractivity contribution in [1.82, 2.24) is 0 Å². The van der Waals surface area contributed by atoms with Gasteiger partial charge in [0.1, 0.15) is 6.10 Å². The van der Waals surface area contributed by atoms with Crippen LogP contribution in [0.25, 0.3) is 0 Å². The molecule has 0 aromatic heterocycles. The van der Waals surface area contributed by atoms with Gasteiger partial charge in [0.2, 0.25) is 5.91 Å². The topological polar surface area (TPSA) is 49.3 Å². The van der Waals surface area contributed by atoms with Crippen LogP contribution in [-0.2, 0) is 17.6 Å². The quantitative estimate of drug-likeness (QED) is 0.908.